The molecule has 0 saturated carbocycles. The van der Waals surface area contributed by atoms with Crippen molar-refractivity contribution in [2.75, 3.05) is 26.1 Å². The Morgan fingerprint density at radius 1 is 1.30 bits per heavy atom. The van der Waals surface area contributed by atoms with Gasteiger partial charge >= 0.3 is 5.97 Å². The number of ketones is 1. The van der Waals surface area contributed by atoms with E-state index < -0.39 is 5.97 Å². The van der Waals surface area contributed by atoms with Crippen LogP contribution in [0.3, 0.4) is 0 Å². The molecule has 0 unspecified atom stereocenters. The summed E-state index contributed by atoms with van der Waals surface area (Å²) >= 11 is 0. The third-order valence-electron chi connectivity index (χ3n) is 4.24. The molecule has 8 nitrogen and oxygen atoms in total. The zero-order valence-electron chi connectivity index (χ0n) is 15.1. The summed E-state index contributed by atoms with van der Waals surface area (Å²) in [4.78, 5) is 25.0. The summed E-state index contributed by atoms with van der Waals surface area (Å²) in [6, 6.07) is 5.16. The van der Waals surface area contributed by atoms with Gasteiger partial charge in [0, 0.05) is 24.2 Å². The molecule has 27 heavy (non-hydrogen) atoms. The van der Waals surface area contributed by atoms with E-state index in [1.54, 1.807) is 12.1 Å². The van der Waals surface area contributed by atoms with Crippen molar-refractivity contribution in [1.82, 2.24) is 4.57 Å². The molecule has 140 valence electrons. The van der Waals surface area contributed by atoms with Crippen LogP contribution in [0.5, 0.6) is 11.5 Å². The fraction of sp³-hybridized carbons (Fsp3) is 0.316. The monoisotopic (exact) mass is 369 g/mol. The number of fused-ring (bicyclic) bond motifs is 1. The highest BCUT2D eigenvalue weighted by Gasteiger charge is 2.26. The molecule has 2 aromatic rings. The molecule has 3 rings (SSSR count). The van der Waals surface area contributed by atoms with Gasteiger partial charge in [0.05, 0.1) is 24.0 Å². The van der Waals surface area contributed by atoms with Crippen molar-refractivity contribution in [3.05, 3.63) is 35.2 Å². The van der Waals surface area contributed by atoms with Gasteiger partial charge in [0.2, 0.25) is 0 Å². The number of ether oxygens (including phenoxy) is 3. The van der Waals surface area contributed by atoms with Crippen LogP contribution in [0.2, 0.25) is 0 Å². The molecule has 1 aromatic carbocycles. The van der Waals surface area contributed by atoms with Gasteiger partial charge in [-0.15, -0.1) is 0 Å². The molecule has 0 radical (unpaired) electrons. The molecule has 0 fully saturated rings. The van der Waals surface area contributed by atoms with Crippen LogP contribution in [0.4, 0.5) is 5.69 Å². The third-order valence-corrected chi connectivity index (χ3v) is 4.24. The van der Waals surface area contributed by atoms with Gasteiger partial charge in [0.1, 0.15) is 19.3 Å². The summed E-state index contributed by atoms with van der Waals surface area (Å²) in [5.41, 5.74) is 6.79. The van der Waals surface area contributed by atoms with Gasteiger partial charge in [-0.05, 0) is 12.5 Å². The maximum Gasteiger partial charge on any atom is 0.357 e. The first-order valence-corrected chi connectivity index (χ1v) is 8.48. The predicted octanol–water partition coefficient (Wildman–Crippen LogP) is 2.47. The average molecular weight is 369 g/mol. The summed E-state index contributed by atoms with van der Waals surface area (Å²) in [5, 5.41) is 9.31. The Hall–Kier alpha value is -3.47. The molecular formula is C19H19N3O5. The Labute approximate surface area is 156 Å². The molecule has 0 atom stereocenters. The van der Waals surface area contributed by atoms with Crippen molar-refractivity contribution >= 4 is 17.4 Å². The number of nitrogens with two attached hydrogens (primary N) is 1. The lowest BCUT2D eigenvalue weighted by Gasteiger charge is -2.22. The molecule has 2 N–H and O–H groups in total. The van der Waals surface area contributed by atoms with Gasteiger partial charge in [0.15, 0.2) is 23.0 Å². The minimum atomic E-state index is -0.710. The fourth-order valence-corrected chi connectivity index (χ4v) is 2.97. The van der Waals surface area contributed by atoms with E-state index in [-0.39, 0.29) is 22.7 Å². The smallest absolute Gasteiger partial charge is 0.357 e. The van der Waals surface area contributed by atoms with E-state index in [0.717, 1.165) is 0 Å². The molecule has 1 aliphatic heterocycles. The zero-order valence-corrected chi connectivity index (χ0v) is 15.1. The Kier molecular flexibility index (Phi) is 5.03. The van der Waals surface area contributed by atoms with E-state index in [0.29, 0.717) is 48.8 Å². The van der Waals surface area contributed by atoms with Crippen molar-refractivity contribution in [2.45, 2.75) is 19.8 Å². The lowest BCUT2D eigenvalue weighted by atomic mass is 10.0. The van der Waals surface area contributed by atoms with Crippen LogP contribution in [0.25, 0.3) is 5.69 Å². The molecule has 8 heteroatoms. The third kappa shape index (κ3) is 3.19. The quantitative estimate of drug-likeness (QED) is 0.635. The number of anilines is 1. The molecule has 2 heterocycles. The molecule has 1 aliphatic rings. The second-order valence-electron chi connectivity index (χ2n) is 5.96. The summed E-state index contributed by atoms with van der Waals surface area (Å²) in [6.45, 7) is 2.66. The molecule has 0 saturated heterocycles. The molecule has 0 amide bonds. The maximum atomic E-state index is 12.7. The van der Waals surface area contributed by atoms with Crippen LogP contribution in [-0.4, -0.2) is 36.6 Å². The fourth-order valence-electron chi connectivity index (χ4n) is 2.97. The highest BCUT2D eigenvalue weighted by Crippen LogP contribution is 2.37. The van der Waals surface area contributed by atoms with Crippen molar-refractivity contribution in [2.24, 2.45) is 0 Å². The first kappa shape index (κ1) is 18.3. The number of benzene rings is 1. The van der Waals surface area contributed by atoms with Gasteiger partial charge in [0.25, 0.3) is 0 Å². The number of nitrogen functional groups attached to an aromatic ring is 1. The minimum Gasteiger partial charge on any atom is -0.486 e. The topological polar surface area (TPSA) is 117 Å². The van der Waals surface area contributed by atoms with Crippen LogP contribution in [0.15, 0.2) is 18.3 Å². The number of hydrogen-bond donors (Lipinski definition) is 1. The second kappa shape index (κ2) is 7.41. The summed E-state index contributed by atoms with van der Waals surface area (Å²) < 4.78 is 17.4. The maximum absolute atomic E-state index is 12.7. The van der Waals surface area contributed by atoms with E-state index in [9.17, 15) is 14.9 Å². The standard InChI is InChI=1S/C19H19N3O5/c1-3-4-14(23)12-7-15-16(27-6-5-26-15)8-13(12)22-10-11(9-20)17(21)18(22)19(24)25-2/h7-8,10H,3-6,21H2,1-2H3. The van der Waals surface area contributed by atoms with Crippen LogP contribution >= 0.6 is 0 Å². The first-order valence-electron chi connectivity index (χ1n) is 8.48. The SMILES string of the molecule is CCCC(=O)c1cc2c(cc1-n1cc(C#N)c(N)c1C(=O)OC)OCCO2. The summed E-state index contributed by atoms with van der Waals surface area (Å²) in [6.07, 6.45) is 2.39. The van der Waals surface area contributed by atoms with E-state index >= 15 is 0 Å². The lowest BCUT2D eigenvalue weighted by molar-refractivity contribution is 0.0592. The Bertz CT molecular complexity index is 955. The van der Waals surface area contributed by atoms with Crippen molar-refractivity contribution in [1.29, 1.82) is 5.26 Å². The summed E-state index contributed by atoms with van der Waals surface area (Å²) in [7, 11) is 1.22. The van der Waals surface area contributed by atoms with Gasteiger partial charge in [-0.25, -0.2) is 4.79 Å². The molecular weight excluding hydrogens is 350 g/mol. The second-order valence-corrected chi connectivity index (χ2v) is 5.96. The zero-order chi connectivity index (χ0) is 19.6. The van der Waals surface area contributed by atoms with Crippen LogP contribution in [0, 0.1) is 11.3 Å². The van der Waals surface area contributed by atoms with E-state index in [2.05, 4.69) is 0 Å². The van der Waals surface area contributed by atoms with Gasteiger partial charge < -0.3 is 24.5 Å². The van der Waals surface area contributed by atoms with Gasteiger partial charge in [-0.1, -0.05) is 6.92 Å². The number of carbonyl (C=O) groups is 2. The van der Waals surface area contributed by atoms with Gasteiger partial charge in [-0.3, -0.25) is 4.79 Å². The minimum absolute atomic E-state index is 0.00636. The number of nitrogens with zero attached hydrogens (tertiary/aromatic N) is 2. The number of hydrogen-bond acceptors (Lipinski definition) is 7. The number of aromatic nitrogens is 1. The van der Waals surface area contributed by atoms with Crippen LogP contribution in [0.1, 0.15) is 46.2 Å². The number of Topliss-reactive ketones (excluding diaryl/α,β-unsaturated/α-hetero) is 1. The molecule has 0 aliphatic carbocycles. The van der Waals surface area contributed by atoms with E-state index in [1.165, 1.54) is 17.9 Å². The van der Waals surface area contributed by atoms with Crippen molar-refractivity contribution in [3.8, 4) is 23.3 Å². The van der Waals surface area contributed by atoms with Gasteiger partial charge in [-0.2, -0.15) is 5.26 Å². The average Bonchev–Trinajstić information content (AvgIpc) is 3.02. The summed E-state index contributed by atoms with van der Waals surface area (Å²) in [5.74, 6) is 0.0828. The van der Waals surface area contributed by atoms with Crippen LogP contribution < -0.4 is 15.2 Å². The lowest BCUT2D eigenvalue weighted by Crippen LogP contribution is -2.18. The van der Waals surface area contributed by atoms with E-state index in [1.807, 2.05) is 13.0 Å². The number of carbonyl (C=O) groups excluding carboxylic acids is 2. The van der Waals surface area contributed by atoms with Crippen molar-refractivity contribution < 1.29 is 23.8 Å². The highest BCUT2D eigenvalue weighted by molar-refractivity contribution is 6.02. The number of methoxy groups -OCH3 is 1. The normalized spacial score (nSPS) is 12.3. The van der Waals surface area contributed by atoms with E-state index in [4.69, 9.17) is 19.9 Å². The Balaban J connectivity index is 2.29. The molecule has 1 aromatic heterocycles. The highest BCUT2D eigenvalue weighted by atomic mass is 16.6. The Morgan fingerprint density at radius 2 is 1.96 bits per heavy atom. The first-order chi connectivity index (χ1) is 13.0. The number of rotatable bonds is 5. The molecule has 0 bridgehead atoms. The predicted molar refractivity (Wildman–Crippen MR) is 96.5 cm³/mol. The van der Waals surface area contributed by atoms with Crippen molar-refractivity contribution in [3.63, 3.8) is 0 Å². The van der Waals surface area contributed by atoms with Crippen LogP contribution in [-0.2, 0) is 4.74 Å². The number of esters is 1. The molecule has 0 spiro atoms. The number of nitriles is 1. The largest absolute Gasteiger partial charge is 0.486 e. The Morgan fingerprint density at radius 3 is 2.56 bits per heavy atom.